The highest BCUT2D eigenvalue weighted by Gasteiger charge is 2.41. The Morgan fingerprint density at radius 2 is 1.88 bits per heavy atom. The van der Waals surface area contributed by atoms with E-state index < -0.39 is 12.2 Å². The molecule has 2 N–H and O–H groups in total. The van der Waals surface area contributed by atoms with E-state index in [0.29, 0.717) is 13.1 Å². The van der Waals surface area contributed by atoms with Crippen molar-refractivity contribution in [3.05, 3.63) is 0 Å². The lowest BCUT2D eigenvalue weighted by Gasteiger charge is -2.30. The fourth-order valence-corrected chi connectivity index (χ4v) is 2.25. The number of hydrogen-bond acceptors (Lipinski definition) is 3. The first kappa shape index (κ1) is 14.7. The molecule has 1 atom stereocenters. The molecule has 3 nitrogen and oxygen atoms in total. The number of halogens is 3. The Kier molecular flexibility index (Phi) is 5.69. The van der Waals surface area contributed by atoms with Crippen LogP contribution in [0.5, 0.6) is 0 Å². The second-order valence-electron chi connectivity index (χ2n) is 4.66. The Morgan fingerprint density at radius 3 is 2.35 bits per heavy atom. The number of rotatable bonds is 6. The van der Waals surface area contributed by atoms with Crippen LogP contribution in [-0.4, -0.2) is 61.8 Å². The van der Waals surface area contributed by atoms with Gasteiger partial charge in [0.15, 0.2) is 0 Å². The molecule has 1 heterocycles. The van der Waals surface area contributed by atoms with Crippen molar-refractivity contribution >= 4 is 0 Å². The van der Waals surface area contributed by atoms with Gasteiger partial charge in [-0.25, -0.2) is 0 Å². The molecule has 0 spiro atoms. The second kappa shape index (κ2) is 6.56. The lowest BCUT2D eigenvalue weighted by Crippen LogP contribution is -2.47. The van der Waals surface area contributed by atoms with Gasteiger partial charge in [-0.05, 0) is 45.9 Å². The number of likely N-dealkylation sites (tertiary alicyclic amines) is 1. The zero-order chi connectivity index (χ0) is 12.9. The van der Waals surface area contributed by atoms with Crippen molar-refractivity contribution in [1.29, 1.82) is 0 Å². The van der Waals surface area contributed by atoms with Crippen LogP contribution in [0, 0.1) is 0 Å². The predicted octanol–water partition coefficient (Wildman–Crippen LogP) is 1.29. The molecule has 1 aliphatic rings. The van der Waals surface area contributed by atoms with Crippen molar-refractivity contribution in [3.63, 3.8) is 0 Å². The third-order valence-corrected chi connectivity index (χ3v) is 3.32. The number of alkyl halides is 3. The van der Waals surface area contributed by atoms with Crippen molar-refractivity contribution < 1.29 is 13.2 Å². The molecule has 1 saturated heterocycles. The standard InChI is InChI=1S/C11H22F3N3/c1-16(8-9-17-6-2-3-7-17)10(4-5-15)11(12,13)14/h10H,2-9,15H2,1H3. The van der Waals surface area contributed by atoms with Gasteiger partial charge in [-0.3, -0.25) is 4.90 Å². The lowest BCUT2D eigenvalue weighted by atomic mass is 10.1. The minimum atomic E-state index is -4.18. The van der Waals surface area contributed by atoms with Crippen LogP contribution in [0.15, 0.2) is 0 Å². The molecule has 1 unspecified atom stereocenters. The van der Waals surface area contributed by atoms with Crippen molar-refractivity contribution in [2.45, 2.75) is 31.5 Å². The van der Waals surface area contributed by atoms with E-state index in [9.17, 15) is 13.2 Å². The fraction of sp³-hybridized carbons (Fsp3) is 1.00. The van der Waals surface area contributed by atoms with Crippen LogP contribution in [0.25, 0.3) is 0 Å². The molecular formula is C11H22F3N3. The van der Waals surface area contributed by atoms with Gasteiger partial charge in [-0.1, -0.05) is 0 Å². The molecule has 1 aliphatic heterocycles. The summed E-state index contributed by atoms with van der Waals surface area (Å²) in [6.07, 6.45) is -1.89. The Balaban J connectivity index is 2.38. The van der Waals surface area contributed by atoms with E-state index in [1.807, 2.05) is 0 Å². The molecule has 0 saturated carbocycles. The number of nitrogens with zero attached hydrogens (tertiary/aromatic N) is 2. The molecule has 0 bridgehead atoms. The van der Waals surface area contributed by atoms with Gasteiger partial charge >= 0.3 is 6.18 Å². The summed E-state index contributed by atoms with van der Waals surface area (Å²) in [5.41, 5.74) is 5.25. The maximum atomic E-state index is 12.7. The minimum Gasteiger partial charge on any atom is -0.330 e. The van der Waals surface area contributed by atoms with Crippen LogP contribution in [0.3, 0.4) is 0 Å². The highest BCUT2D eigenvalue weighted by Crippen LogP contribution is 2.26. The van der Waals surface area contributed by atoms with Crippen LogP contribution in [0.4, 0.5) is 13.2 Å². The van der Waals surface area contributed by atoms with Crippen molar-refractivity contribution in [2.24, 2.45) is 5.73 Å². The highest BCUT2D eigenvalue weighted by molar-refractivity contribution is 4.78. The molecule has 0 amide bonds. The SMILES string of the molecule is CN(CCN1CCCC1)C(CCN)C(F)(F)F. The summed E-state index contributed by atoms with van der Waals surface area (Å²) in [5, 5.41) is 0. The molecule has 102 valence electrons. The third-order valence-electron chi connectivity index (χ3n) is 3.32. The zero-order valence-electron chi connectivity index (χ0n) is 10.3. The van der Waals surface area contributed by atoms with Crippen LogP contribution in [0.1, 0.15) is 19.3 Å². The maximum Gasteiger partial charge on any atom is 0.404 e. The first-order chi connectivity index (χ1) is 7.95. The number of likely N-dealkylation sites (N-methyl/N-ethyl adjacent to an activating group) is 1. The van der Waals surface area contributed by atoms with Gasteiger partial charge in [0.25, 0.3) is 0 Å². The summed E-state index contributed by atoms with van der Waals surface area (Å²) in [5.74, 6) is 0. The van der Waals surface area contributed by atoms with Crippen LogP contribution >= 0.6 is 0 Å². The topological polar surface area (TPSA) is 32.5 Å². The summed E-state index contributed by atoms with van der Waals surface area (Å²) in [6.45, 7) is 3.26. The first-order valence-electron chi connectivity index (χ1n) is 6.14. The van der Waals surface area contributed by atoms with E-state index in [2.05, 4.69) is 4.90 Å². The first-order valence-corrected chi connectivity index (χ1v) is 6.14. The maximum absolute atomic E-state index is 12.7. The molecule has 17 heavy (non-hydrogen) atoms. The number of hydrogen-bond donors (Lipinski definition) is 1. The van der Waals surface area contributed by atoms with Gasteiger partial charge < -0.3 is 10.6 Å². The second-order valence-corrected chi connectivity index (χ2v) is 4.66. The Labute approximate surface area is 101 Å². The van der Waals surface area contributed by atoms with Crippen molar-refractivity contribution in [1.82, 2.24) is 9.80 Å². The minimum absolute atomic E-state index is 0.0278. The lowest BCUT2D eigenvalue weighted by molar-refractivity contribution is -0.181. The van der Waals surface area contributed by atoms with Gasteiger partial charge in [-0.15, -0.1) is 0 Å². The van der Waals surface area contributed by atoms with E-state index >= 15 is 0 Å². The summed E-state index contributed by atoms with van der Waals surface area (Å²) < 4.78 is 38.2. The summed E-state index contributed by atoms with van der Waals surface area (Å²) in [7, 11) is 1.53. The molecule has 0 aromatic heterocycles. The normalized spacial score (nSPS) is 20.1. The third kappa shape index (κ3) is 4.81. The molecule has 6 heteroatoms. The Hall–Kier alpha value is -0.330. The largest absolute Gasteiger partial charge is 0.404 e. The molecule has 1 fully saturated rings. The molecule has 0 radical (unpaired) electrons. The monoisotopic (exact) mass is 253 g/mol. The molecular weight excluding hydrogens is 231 g/mol. The van der Waals surface area contributed by atoms with Gasteiger partial charge in [0, 0.05) is 13.1 Å². The van der Waals surface area contributed by atoms with Gasteiger partial charge in [0.2, 0.25) is 0 Å². The highest BCUT2D eigenvalue weighted by atomic mass is 19.4. The van der Waals surface area contributed by atoms with Gasteiger partial charge in [-0.2, -0.15) is 13.2 Å². The van der Waals surface area contributed by atoms with Crippen molar-refractivity contribution in [2.75, 3.05) is 39.8 Å². The van der Waals surface area contributed by atoms with Crippen LogP contribution in [-0.2, 0) is 0 Å². The van der Waals surface area contributed by atoms with Gasteiger partial charge in [0.05, 0.1) is 0 Å². The van der Waals surface area contributed by atoms with Crippen molar-refractivity contribution in [3.8, 4) is 0 Å². The quantitative estimate of drug-likeness (QED) is 0.774. The van der Waals surface area contributed by atoms with Crippen LogP contribution < -0.4 is 5.73 Å². The smallest absolute Gasteiger partial charge is 0.330 e. The van der Waals surface area contributed by atoms with E-state index in [1.165, 1.54) is 11.9 Å². The molecule has 0 aromatic rings. The van der Waals surface area contributed by atoms with E-state index in [4.69, 9.17) is 5.73 Å². The van der Waals surface area contributed by atoms with E-state index in [-0.39, 0.29) is 13.0 Å². The molecule has 1 rings (SSSR count). The van der Waals surface area contributed by atoms with Gasteiger partial charge in [0.1, 0.15) is 6.04 Å². The average Bonchev–Trinajstić information content (AvgIpc) is 2.73. The molecule has 0 aromatic carbocycles. The zero-order valence-corrected chi connectivity index (χ0v) is 10.3. The fourth-order valence-electron chi connectivity index (χ4n) is 2.25. The molecule has 0 aliphatic carbocycles. The summed E-state index contributed by atoms with van der Waals surface area (Å²) >= 11 is 0. The Bertz CT molecular complexity index is 214. The summed E-state index contributed by atoms with van der Waals surface area (Å²) in [6, 6.07) is -1.41. The predicted molar refractivity (Wildman–Crippen MR) is 61.8 cm³/mol. The van der Waals surface area contributed by atoms with E-state index in [0.717, 1.165) is 25.9 Å². The average molecular weight is 253 g/mol. The van der Waals surface area contributed by atoms with Crippen LogP contribution in [0.2, 0.25) is 0 Å². The summed E-state index contributed by atoms with van der Waals surface area (Å²) in [4.78, 5) is 3.59. The number of nitrogens with two attached hydrogens (primary N) is 1. The van der Waals surface area contributed by atoms with E-state index in [1.54, 1.807) is 0 Å². The Morgan fingerprint density at radius 1 is 1.29 bits per heavy atom.